The summed E-state index contributed by atoms with van der Waals surface area (Å²) in [6, 6.07) is 7.73. The number of aromatic nitrogens is 2. The highest BCUT2D eigenvalue weighted by molar-refractivity contribution is 9.10. The molecule has 0 aliphatic heterocycles. The van der Waals surface area contributed by atoms with Crippen LogP contribution in [0.1, 0.15) is 16.2 Å². The monoisotopic (exact) mass is 492 g/mol. The van der Waals surface area contributed by atoms with Gasteiger partial charge in [-0.05, 0) is 29.6 Å². The zero-order valence-corrected chi connectivity index (χ0v) is 18.6. The molecule has 0 aliphatic carbocycles. The second-order valence-corrected chi connectivity index (χ2v) is 9.03. The Balaban J connectivity index is 1.44. The van der Waals surface area contributed by atoms with Gasteiger partial charge in [0.2, 0.25) is 0 Å². The van der Waals surface area contributed by atoms with Crippen LogP contribution < -0.4 is 4.74 Å². The highest BCUT2D eigenvalue weighted by atomic mass is 79.9. The summed E-state index contributed by atoms with van der Waals surface area (Å²) in [6.07, 6.45) is 0. The summed E-state index contributed by atoms with van der Waals surface area (Å²) < 4.78 is 11.7. The molecule has 4 rings (SSSR count). The van der Waals surface area contributed by atoms with E-state index in [-0.39, 0.29) is 6.61 Å². The van der Waals surface area contributed by atoms with Gasteiger partial charge in [0.1, 0.15) is 22.4 Å². The molecule has 0 amide bonds. The molecule has 3 aromatic heterocycles. The summed E-state index contributed by atoms with van der Waals surface area (Å²) in [6.45, 7) is 0.0942. The predicted octanol–water partition coefficient (Wildman–Crippen LogP) is 6.12. The maximum absolute atomic E-state index is 12.3. The van der Waals surface area contributed by atoms with Crippen LogP contribution in [-0.4, -0.2) is 23.0 Å². The van der Waals surface area contributed by atoms with E-state index in [1.54, 1.807) is 23.8 Å². The lowest BCUT2D eigenvalue weighted by Crippen LogP contribution is -2.05. The number of rotatable bonds is 6. The van der Waals surface area contributed by atoms with Crippen LogP contribution in [0.25, 0.3) is 21.1 Å². The number of thiophene rings is 1. The lowest BCUT2D eigenvalue weighted by Gasteiger charge is -2.06. The predicted molar refractivity (Wildman–Crippen MR) is 116 cm³/mol. The minimum atomic E-state index is -0.452. The van der Waals surface area contributed by atoms with Gasteiger partial charge < -0.3 is 9.47 Å². The fourth-order valence-corrected chi connectivity index (χ4v) is 5.13. The van der Waals surface area contributed by atoms with Crippen molar-refractivity contribution in [2.75, 3.05) is 7.11 Å². The first kappa shape index (κ1) is 19.3. The number of hydrogen-bond acceptors (Lipinski definition) is 8. The zero-order valence-electron chi connectivity index (χ0n) is 14.5. The van der Waals surface area contributed by atoms with Crippen molar-refractivity contribution in [1.29, 1.82) is 0 Å². The summed E-state index contributed by atoms with van der Waals surface area (Å²) >= 11 is 7.97. The normalized spacial score (nSPS) is 10.8. The number of benzene rings is 1. The first-order chi connectivity index (χ1) is 13.6. The maximum atomic E-state index is 12.3. The van der Waals surface area contributed by atoms with Crippen LogP contribution in [0.15, 0.2) is 50.3 Å². The zero-order chi connectivity index (χ0) is 19.5. The molecule has 142 valence electrons. The molecule has 0 N–H and O–H groups in total. The molecule has 1 aromatic carbocycles. The van der Waals surface area contributed by atoms with E-state index >= 15 is 0 Å². The van der Waals surface area contributed by atoms with E-state index in [1.807, 2.05) is 40.4 Å². The van der Waals surface area contributed by atoms with E-state index in [4.69, 9.17) is 9.47 Å². The summed E-state index contributed by atoms with van der Waals surface area (Å²) in [5, 5.41) is 9.19. The molecule has 0 atom stereocenters. The van der Waals surface area contributed by atoms with Crippen LogP contribution in [0, 0.1) is 0 Å². The van der Waals surface area contributed by atoms with Gasteiger partial charge in [0.25, 0.3) is 0 Å². The molecule has 5 nitrogen and oxygen atoms in total. The van der Waals surface area contributed by atoms with Gasteiger partial charge in [-0.25, -0.2) is 14.8 Å². The molecular formula is C19H13BrN2O3S3. The van der Waals surface area contributed by atoms with Gasteiger partial charge in [0, 0.05) is 26.2 Å². The van der Waals surface area contributed by atoms with Crippen molar-refractivity contribution in [1.82, 2.24) is 9.97 Å². The van der Waals surface area contributed by atoms with Gasteiger partial charge in [-0.1, -0.05) is 15.9 Å². The minimum Gasteiger partial charge on any atom is -0.496 e. The van der Waals surface area contributed by atoms with Crippen LogP contribution in [0.3, 0.4) is 0 Å². The number of methoxy groups -OCH3 is 1. The number of thiazole rings is 2. The number of esters is 1. The standard InChI is InChI=1S/C19H13BrN2O3S3/c1-24-16-3-2-12(20)6-14(16)18-21-13(9-27-18)7-25-19(23)15-10-28-17(22-15)11-4-5-26-8-11/h2-6,8-10H,7H2,1H3. The van der Waals surface area contributed by atoms with Crippen molar-refractivity contribution in [2.24, 2.45) is 0 Å². The SMILES string of the molecule is COc1ccc(Br)cc1-c1nc(COC(=O)c2csc(-c3ccsc3)n2)cs1. The molecule has 9 heteroatoms. The number of carbonyl (C=O) groups excluding carboxylic acids is 1. The molecule has 0 spiro atoms. The Bertz CT molecular complexity index is 1110. The van der Waals surface area contributed by atoms with E-state index in [0.29, 0.717) is 11.4 Å². The van der Waals surface area contributed by atoms with E-state index in [1.165, 1.54) is 22.7 Å². The van der Waals surface area contributed by atoms with E-state index in [0.717, 1.165) is 31.4 Å². The van der Waals surface area contributed by atoms with Gasteiger partial charge in [-0.2, -0.15) is 11.3 Å². The average molecular weight is 493 g/mol. The van der Waals surface area contributed by atoms with Gasteiger partial charge >= 0.3 is 5.97 Å². The van der Waals surface area contributed by atoms with Gasteiger partial charge in [-0.15, -0.1) is 22.7 Å². The summed E-state index contributed by atoms with van der Waals surface area (Å²) in [4.78, 5) is 21.2. The van der Waals surface area contributed by atoms with Crippen molar-refractivity contribution in [3.05, 3.63) is 61.6 Å². The highest BCUT2D eigenvalue weighted by Crippen LogP contribution is 2.34. The smallest absolute Gasteiger partial charge is 0.358 e. The topological polar surface area (TPSA) is 61.3 Å². The van der Waals surface area contributed by atoms with Gasteiger partial charge in [0.05, 0.1) is 18.4 Å². The van der Waals surface area contributed by atoms with Crippen molar-refractivity contribution in [2.45, 2.75) is 6.61 Å². The summed E-state index contributed by atoms with van der Waals surface area (Å²) in [7, 11) is 1.63. The maximum Gasteiger partial charge on any atom is 0.358 e. The van der Waals surface area contributed by atoms with Crippen molar-refractivity contribution in [3.63, 3.8) is 0 Å². The van der Waals surface area contributed by atoms with E-state index < -0.39 is 5.97 Å². The molecule has 4 aromatic rings. The summed E-state index contributed by atoms with van der Waals surface area (Å²) in [5.41, 5.74) is 2.90. The molecule has 28 heavy (non-hydrogen) atoms. The number of nitrogens with zero attached hydrogens (tertiary/aromatic N) is 2. The fourth-order valence-electron chi connectivity index (χ4n) is 2.44. The van der Waals surface area contributed by atoms with Crippen LogP contribution in [0.5, 0.6) is 5.75 Å². The molecule has 0 aliphatic rings. The van der Waals surface area contributed by atoms with E-state index in [2.05, 4.69) is 25.9 Å². The number of hydrogen-bond donors (Lipinski definition) is 0. The minimum absolute atomic E-state index is 0.0942. The van der Waals surface area contributed by atoms with Crippen LogP contribution >= 0.6 is 49.9 Å². The average Bonchev–Trinajstić information content (AvgIpc) is 3.47. The second kappa shape index (κ2) is 8.52. The number of ether oxygens (including phenoxy) is 2. The lowest BCUT2D eigenvalue weighted by atomic mass is 10.2. The Kier molecular flexibility index (Phi) is 5.86. The Morgan fingerprint density at radius 2 is 1.96 bits per heavy atom. The third-order valence-electron chi connectivity index (χ3n) is 3.78. The van der Waals surface area contributed by atoms with Crippen LogP contribution in [0.2, 0.25) is 0 Å². The lowest BCUT2D eigenvalue weighted by molar-refractivity contribution is 0.0462. The number of halogens is 1. The summed E-state index contributed by atoms with van der Waals surface area (Å²) in [5.74, 6) is 0.289. The van der Waals surface area contributed by atoms with Crippen LogP contribution in [-0.2, 0) is 11.3 Å². The van der Waals surface area contributed by atoms with Crippen molar-refractivity contribution < 1.29 is 14.3 Å². The molecule has 0 radical (unpaired) electrons. The molecule has 0 saturated carbocycles. The highest BCUT2D eigenvalue weighted by Gasteiger charge is 2.16. The van der Waals surface area contributed by atoms with Gasteiger partial charge in [0.15, 0.2) is 5.69 Å². The quantitative estimate of drug-likeness (QED) is 0.303. The molecule has 0 saturated heterocycles. The molecular weight excluding hydrogens is 480 g/mol. The largest absolute Gasteiger partial charge is 0.496 e. The van der Waals surface area contributed by atoms with Gasteiger partial charge in [-0.3, -0.25) is 0 Å². The Labute approximate surface area is 181 Å². The van der Waals surface area contributed by atoms with E-state index in [9.17, 15) is 4.79 Å². The molecule has 0 unspecified atom stereocenters. The molecule has 0 fully saturated rings. The first-order valence-corrected chi connectivity index (χ1v) is 11.6. The number of carbonyl (C=O) groups is 1. The first-order valence-electron chi connectivity index (χ1n) is 8.07. The van der Waals surface area contributed by atoms with Crippen molar-refractivity contribution >= 4 is 55.9 Å². The third kappa shape index (κ3) is 4.17. The Hall–Kier alpha value is -2.07. The second-order valence-electron chi connectivity index (χ2n) is 5.61. The fraction of sp³-hybridized carbons (Fsp3) is 0.105. The Morgan fingerprint density at radius 1 is 1.11 bits per heavy atom. The van der Waals surface area contributed by atoms with Crippen LogP contribution in [0.4, 0.5) is 0 Å². The van der Waals surface area contributed by atoms with Crippen molar-refractivity contribution in [3.8, 4) is 26.9 Å². The Morgan fingerprint density at radius 3 is 2.75 bits per heavy atom. The molecule has 3 heterocycles. The molecule has 0 bridgehead atoms. The third-order valence-corrected chi connectivity index (χ3v) is 6.77.